The van der Waals surface area contributed by atoms with E-state index >= 15 is 0 Å². The Kier molecular flexibility index (Phi) is 6.36. The third-order valence-corrected chi connectivity index (χ3v) is 5.71. The van der Waals surface area contributed by atoms with Gasteiger partial charge in [-0.3, -0.25) is 14.6 Å². The van der Waals surface area contributed by atoms with E-state index in [1.54, 1.807) is 6.20 Å². The molecule has 3 rings (SSSR count). The Morgan fingerprint density at radius 1 is 0.897 bits per heavy atom. The van der Waals surface area contributed by atoms with Crippen molar-refractivity contribution in [3.05, 3.63) is 53.7 Å². The minimum Gasteiger partial charge on any atom is -0.466 e. The van der Waals surface area contributed by atoms with Gasteiger partial charge in [-0.15, -0.1) is 0 Å². The standard InChI is InChI=1S/C24H29NO4/c1-5-28-22(26)16(3)14-24(15-17(4)23(27)29-6-2)19-11-8-7-10-18(19)21-20(24)12-9-13-25-21/h7-13,16-17H,5-6,14-15H2,1-4H3. The molecule has 0 spiro atoms. The van der Waals surface area contributed by atoms with Crippen molar-refractivity contribution < 1.29 is 19.1 Å². The highest BCUT2D eigenvalue weighted by Crippen LogP contribution is 2.54. The van der Waals surface area contributed by atoms with E-state index in [1.807, 2.05) is 45.9 Å². The van der Waals surface area contributed by atoms with E-state index in [0.29, 0.717) is 26.1 Å². The summed E-state index contributed by atoms with van der Waals surface area (Å²) >= 11 is 0. The number of rotatable bonds is 8. The molecule has 0 amide bonds. The van der Waals surface area contributed by atoms with Gasteiger partial charge in [-0.1, -0.05) is 44.2 Å². The lowest BCUT2D eigenvalue weighted by Crippen LogP contribution is -2.35. The van der Waals surface area contributed by atoms with Gasteiger partial charge in [0.25, 0.3) is 0 Å². The summed E-state index contributed by atoms with van der Waals surface area (Å²) < 4.78 is 10.6. The molecule has 1 aromatic carbocycles. The minimum atomic E-state index is -0.501. The lowest BCUT2D eigenvalue weighted by atomic mass is 9.67. The van der Waals surface area contributed by atoms with Gasteiger partial charge < -0.3 is 9.47 Å². The zero-order valence-electron chi connectivity index (χ0n) is 17.6. The molecule has 1 heterocycles. The summed E-state index contributed by atoms with van der Waals surface area (Å²) in [5.41, 5.74) is 3.67. The molecule has 0 bridgehead atoms. The van der Waals surface area contributed by atoms with Crippen LogP contribution in [0.3, 0.4) is 0 Å². The maximum absolute atomic E-state index is 12.5. The van der Waals surface area contributed by atoms with Gasteiger partial charge in [0.05, 0.1) is 30.7 Å². The zero-order chi connectivity index (χ0) is 21.0. The first-order chi connectivity index (χ1) is 13.9. The maximum atomic E-state index is 12.5. The molecule has 0 N–H and O–H groups in total. The van der Waals surface area contributed by atoms with Crippen molar-refractivity contribution in [2.75, 3.05) is 13.2 Å². The van der Waals surface area contributed by atoms with Crippen molar-refractivity contribution in [2.24, 2.45) is 11.8 Å². The Bertz CT molecular complexity index is 818. The summed E-state index contributed by atoms with van der Waals surface area (Å²) in [5.74, 6) is -1.07. The molecule has 154 valence electrons. The Hall–Kier alpha value is -2.69. The highest BCUT2D eigenvalue weighted by atomic mass is 16.5. The van der Waals surface area contributed by atoms with Crippen molar-refractivity contribution in [2.45, 2.75) is 46.0 Å². The van der Waals surface area contributed by atoms with Crippen LogP contribution < -0.4 is 0 Å². The molecular formula is C24H29NO4. The van der Waals surface area contributed by atoms with Gasteiger partial charge in [-0.25, -0.2) is 0 Å². The first-order valence-corrected chi connectivity index (χ1v) is 10.3. The first kappa shape index (κ1) is 21.0. The van der Waals surface area contributed by atoms with Gasteiger partial charge in [0.1, 0.15) is 0 Å². The third kappa shape index (κ3) is 3.91. The largest absolute Gasteiger partial charge is 0.466 e. The molecular weight excluding hydrogens is 366 g/mol. The van der Waals surface area contributed by atoms with E-state index < -0.39 is 5.41 Å². The van der Waals surface area contributed by atoms with Crippen molar-refractivity contribution >= 4 is 11.9 Å². The van der Waals surface area contributed by atoms with E-state index in [2.05, 4.69) is 23.2 Å². The smallest absolute Gasteiger partial charge is 0.308 e. The molecule has 0 aliphatic heterocycles. The molecule has 1 aliphatic carbocycles. The fourth-order valence-electron chi connectivity index (χ4n) is 4.56. The lowest BCUT2D eigenvalue weighted by Gasteiger charge is -2.35. The second-order valence-corrected chi connectivity index (χ2v) is 7.74. The van der Waals surface area contributed by atoms with Gasteiger partial charge in [-0.2, -0.15) is 0 Å². The van der Waals surface area contributed by atoms with Crippen LogP contribution >= 0.6 is 0 Å². The average molecular weight is 395 g/mol. The molecule has 29 heavy (non-hydrogen) atoms. The fraction of sp³-hybridized carbons (Fsp3) is 0.458. The molecule has 2 atom stereocenters. The van der Waals surface area contributed by atoms with Crippen molar-refractivity contribution in [1.29, 1.82) is 0 Å². The maximum Gasteiger partial charge on any atom is 0.308 e. The van der Waals surface area contributed by atoms with Gasteiger partial charge >= 0.3 is 11.9 Å². The van der Waals surface area contributed by atoms with Gasteiger partial charge in [0.15, 0.2) is 0 Å². The van der Waals surface area contributed by atoms with Crippen LogP contribution in [0.15, 0.2) is 42.6 Å². The molecule has 2 unspecified atom stereocenters. The Morgan fingerprint density at radius 3 is 2.03 bits per heavy atom. The van der Waals surface area contributed by atoms with Crippen molar-refractivity contribution in [3.8, 4) is 11.3 Å². The minimum absolute atomic E-state index is 0.217. The Labute approximate surface area is 172 Å². The fourth-order valence-corrected chi connectivity index (χ4v) is 4.56. The topological polar surface area (TPSA) is 65.5 Å². The molecule has 0 saturated heterocycles. The Morgan fingerprint density at radius 2 is 1.45 bits per heavy atom. The molecule has 0 radical (unpaired) electrons. The number of aromatic nitrogens is 1. The molecule has 2 aromatic rings. The predicted molar refractivity (Wildman–Crippen MR) is 111 cm³/mol. The third-order valence-electron chi connectivity index (χ3n) is 5.71. The SMILES string of the molecule is CCOC(=O)C(C)CC1(CC(C)C(=O)OCC)c2ccccc2-c2ncccc21. The van der Waals surface area contributed by atoms with E-state index in [4.69, 9.17) is 9.47 Å². The van der Waals surface area contributed by atoms with Crippen LogP contribution in [-0.2, 0) is 24.5 Å². The monoisotopic (exact) mass is 395 g/mol. The average Bonchev–Trinajstić information content (AvgIpc) is 2.99. The molecule has 0 fully saturated rings. The zero-order valence-corrected chi connectivity index (χ0v) is 17.6. The predicted octanol–water partition coefficient (Wildman–Crippen LogP) is 4.53. The summed E-state index contributed by atoms with van der Waals surface area (Å²) in [7, 11) is 0. The number of nitrogens with zero attached hydrogens (tertiary/aromatic N) is 1. The Balaban J connectivity index is 2.10. The van der Waals surface area contributed by atoms with E-state index in [9.17, 15) is 9.59 Å². The summed E-state index contributed by atoms with van der Waals surface area (Å²) in [5, 5.41) is 0. The number of carbonyl (C=O) groups excluding carboxylic acids is 2. The number of ether oxygens (including phenoxy) is 2. The summed E-state index contributed by atoms with van der Waals surface area (Å²) in [6.45, 7) is 8.12. The summed E-state index contributed by atoms with van der Waals surface area (Å²) in [6, 6.07) is 12.1. The number of esters is 2. The molecule has 5 nitrogen and oxygen atoms in total. The number of hydrogen-bond acceptors (Lipinski definition) is 5. The summed E-state index contributed by atoms with van der Waals surface area (Å²) in [4.78, 5) is 29.6. The van der Waals surface area contributed by atoms with E-state index in [1.165, 1.54) is 0 Å². The molecule has 0 saturated carbocycles. The van der Waals surface area contributed by atoms with Gasteiger partial charge in [-0.05, 0) is 43.9 Å². The lowest BCUT2D eigenvalue weighted by molar-refractivity contribution is -0.148. The van der Waals surface area contributed by atoms with Crippen LogP contribution in [0, 0.1) is 11.8 Å². The van der Waals surface area contributed by atoms with Crippen LogP contribution in [0.4, 0.5) is 0 Å². The number of hydrogen-bond donors (Lipinski definition) is 0. The number of carbonyl (C=O) groups is 2. The molecule has 1 aromatic heterocycles. The van der Waals surface area contributed by atoms with Crippen LogP contribution in [0.2, 0.25) is 0 Å². The van der Waals surface area contributed by atoms with Crippen LogP contribution in [0.5, 0.6) is 0 Å². The molecule has 1 aliphatic rings. The van der Waals surface area contributed by atoms with Crippen LogP contribution in [0.25, 0.3) is 11.3 Å². The van der Waals surface area contributed by atoms with Crippen LogP contribution in [0.1, 0.15) is 51.7 Å². The van der Waals surface area contributed by atoms with Gasteiger partial charge in [0, 0.05) is 17.2 Å². The highest BCUT2D eigenvalue weighted by Gasteiger charge is 2.47. The first-order valence-electron chi connectivity index (χ1n) is 10.3. The normalized spacial score (nSPS) is 19.0. The number of benzene rings is 1. The number of fused-ring (bicyclic) bond motifs is 3. The van der Waals surface area contributed by atoms with Crippen LogP contribution in [-0.4, -0.2) is 30.1 Å². The van der Waals surface area contributed by atoms with Gasteiger partial charge in [0.2, 0.25) is 0 Å². The highest BCUT2D eigenvalue weighted by molar-refractivity contribution is 5.80. The van der Waals surface area contributed by atoms with E-state index in [-0.39, 0.29) is 23.8 Å². The van der Waals surface area contributed by atoms with Crippen molar-refractivity contribution in [1.82, 2.24) is 4.98 Å². The quantitative estimate of drug-likeness (QED) is 0.615. The second-order valence-electron chi connectivity index (χ2n) is 7.74. The summed E-state index contributed by atoms with van der Waals surface area (Å²) in [6.07, 6.45) is 2.88. The van der Waals surface area contributed by atoms with Crippen molar-refractivity contribution in [3.63, 3.8) is 0 Å². The second kappa shape index (κ2) is 8.76. The van der Waals surface area contributed by atoms with E-state index in [0.717, 1.165) is 22.4 Å². The number of pyridine rings is 1. The molecule has 5 heteroatoms.